The quantitative estimate of drug-likeness (QED) is 0.808. The van der Waals surface area contributed by atoms with Crippen molar-refractivity contribution in [1.29, 1.82) is 0 Å². The average molecular weight is 390 g/mol. The Kier molecular flexibility index (Phi) is 7.11. The van der Waals surface area contributed by atoms with Gasteiger partial charge in [0.05, 0.1) is 0 Å². The number of nitrogens with two attached hydrogens (primary N) is 1. The van der Waals surface area contributed by atoms with Crippen LogP contribution in [0.2, 0.25) is 0 Å². The van der Waals surface area contributed by atoms with Crippen LogP contribution in [0.5, 0.6) is 0 Å². The Morgan fingerprint density at radius 3 is 2.52 bits per heavy atom. The van der Waals surface area contributed by atoms with Gasteiger partial charge in [-0.25, -0.2) is 0 Å². The average Bonchev–Trinajstić information content (AvgIpc) is 3.26. The van der Waals surface area contributed by atoms with E-state index in [9.17, 15) is 4.79 Å². The third-order valence-corrected chi connectivity index (χ3v) is 6.02. The Hall–Kier alpha value is -0.850. The van der Waals surface area contributed by atoms with Crippen LogP contribution in [0, 0.1) is 17.8 Å². The van der Waals surface area contributed by atoms with E-state index in [0.717, 1.165) is 25.2 Å². The van der Waals surface area contributed by atoms with Gasteiger partial charge in [0.1, 0.15) is 12.2 Å². The van der Waals surface area contributed by atoms with E-state index in [0.29, 0.717) is 30.3 Å². The van der Waals surface area contributed by atoms with Crippen LogP contribution >= 0.6 is 24.8 Å². The molecule has 2 bridgehead atoms. The van der Waals surface area contributed by atoms with Gasteiger partial charge in [0.2, 0.25) is 5.91 Å². The fourth-order valence-electron chi connectivity index (χ4n) is 4.54. The first kappa shape index (κ1) is 20.5. The van der Waals surface area contributed by atoms with E-state index in [1.165, 1.54) is 32.1 Å². The summed E-state index contributed by atoms with van der Waals surface area (Å²) >= 11 is 0. The van der Waals surface area contributed by atoms with Crippen molar-refractivity contribution in [1.82, 2.24) is 20.1 Å². The highest BCUT2D eigenvalue weighted by atomic mass is 35.5. The molecule has 0 radical (unpaired) electrons. The number of nitrogens with zero attached hydrogens (tertiary/aromatic N) is 3. The molecule has 3 aliphatic rings. The summed E-state index contributed by atoms with van der Waals surface area (Å²) in [5.74, 6) is 3.16. The standard InChI is InChI=1S/C17H27N5O.2ClH/c18-15-12-2-1-3-13(15)9-14(8-12)17(23)19-6-7-22-10-20-21-16(22)11-4-5-11;;/h10-15H,1-9,18H2,(H,19,23);2*1H. The van der Waals surface area contributed by atoms with Crippen molar-refractivity contribution < 1.29 is 4.79 Å². The number of halogens is 2. The minimum atomic E-state index is 0. The number of fused-ring (bicyclic) bond motifs is 2. The molecule has 3 saturated carbocycles. The summed E-state index contributed by atoms with van der Waals surface area (Å²) in [6.07, 6.45) is 9.86. The maximum atomic E-state index is 12.5. The van der Waals surface area contributed by atoms with Gasteiger partial charge in [-0.3, -0.25) is 4.79 Å². The SMILES string of the molecule is Cl.Cl.NC1C2CCCC1CC(C(=O)NCCn1cnnc1C1CC1)C2. The fraction of sp³-hybridized carbons (Fsp3) is 0.824. The van der Waals surface area contributed by atoms with Gasteiger partial charge in [0.15, 0.2) is 0 Å². The van der Waals surface area contributed by atoms with Crippen molar-refractivity contribution in [3.05, 3.63) is 12.2 Å². The molecule has 0 spiro atoms. The molecule has 1 amide bonds. The Morgan fingerprint density at radius 1 is 1.20 bits per heavy atom. The Labute approximate surface area is 161 Å². The number of hydrogen-bond acceptors (Lipinski definition) is 4. The lowest BCUT2D eigenvalue weighted by atomic mass is 9.65. The molecule has 4 rings (SSSR count). The number of nitrogens with one attached hydrogen (secondary N) is 1. The van der Waals surface area contributed by atoms with Gasteiger partial charge in [0, 0.05) is 31.0 Å². The second-order valence-corrected chi connectivity index (χ2v) is 7.64. The van der Waals surface area contributed by atoms with Crippen molar-refractivity contribution >= 4 is 30.7 Å². The van der Waals surface area contributed by atoms with Crippen LogP contribution in [0.15, 0.2) is 6.33 Å². The largest absolute Gasteiger partial charge is 0.354 e. The number of amides is 1. The van der Waals surface area contributed by atoms with Gasteiger partial charge in [-0.1, -0.05) is 6.42 Å². The summed E-state index contributed by atoms with van der Waals surface area (Å²) in [6.45, 7) is 1.43. The Bertz CT molecular complexity index is 563. The van der Waals surface area contributed by atoms with Gasteiger partial charge >= 0.3 is 0 Å². The van der Waals surface area contributed by atoms with Gasteiger partial charge < -0.3 is 15.6 Å². The number of hydrogen-bond donors (Lipinski definition) is 2. The fourth-order valence-corrected chi connectivity index (χ4v) is 4.54. The molecule has 0 aliphatic heterocycles. The predicted octanol–water partition coefficient (Wildman–Crippen LogP) is 2.27. The number of carbonyl (C=O) groups excluding carboxylic acids is 1. The normalized spacial score (nSPS) is 30.8. The highest BCUT2D eigenvalue weighted by molar-refractivity contribution is 5.85. The van der Waals surface area contributed by atoms with Crippen molar-refractivity contribution in [2.24, 2.45) is 23.5 Å². The van der Waals surface area contributed by atoms with Crippen molar-refractivity contribution in [3.63, 3.8) is 0 Å². The summed E-state index contributed by atoms with van der Waals surface area (Å²) in [6, 6.07) is 0.325. The number of rotatable bonds is 5. The first-order valence-electron chi connectivity index (χ1n) is 9.13. The Morgan fingerprint density at radius 2 is 1.88 bits per heavy atom. The lowest BCUT2D eigenvalue weighted by molar-refractivity contribution is -0.127. The lowest BCUT2D eigenvalue weighted by Gasteiger charge is -2.43. The summed E-state index contributed by atoms with van der Waals surface area (Å²) in [5, 5.41) is 11.3. The first-order chi connectivity index (χ1) is 11.2. The molecule has 25 heavy (non-hydrogen) atoms. The van der Waals surface area contributed by atoms with Crippen LogP contribution in [0.1, 0.15) is 56.7 Å². The molecule has 0 aromatic carbocycles. The molecule has 6 nitrogen and oxygen atoms in total. The zero-order valence-corrected chi connectivity index (χ0v) is 16.1. The van der Waals surface area contributed by atoms with Crippen LogP contribution in [0.4, 0.5) is 0 Å². The molecule has 3 N–H and O–H groups in total. The molecule has 2 unspecified atom stereocenters. The van der Waals surface area contributed by atoms with Gasteiger partial charge in [-0.2, -0.15) is 0 Å². The first-order valence-corrected chi connectivity index (χ1v) is 9.13. The van der Waals surface area contributed by atoms with Crippen LogP contribution in [0.25, 0.3) is 0 Å². The van der Waals surface area contributed by atoms with E-state index in [1.54, 1.807) is 6.33 Å². The molecule has 1 heterocycles. The highest BCUT2D eigenvalue weighted by Crippen LogP contribution is 2.42. The van der Waals surface area contributed by atoms with E-state index >= 15 is 0 Å². The minimum Gasteiger partial charge on any atom is -0.354 e. The van der Waals surface area contributed by atoms with E-state index in [1.807, 2.05) is 0 Å². The molecule has 3 aliphatic carbocycles. The summed E-state index contributed by atoms with van der Waals surface area (Å²) in [4.78, 5) is 12.5. The Balaban J connectivity index is 0.00000113. The predicted molar refractivity (Wildman–Crippen MR) is 101 cm³/mol. The summed E-state index contributed by atoms with van der Waals surface area (Å²) < 4.78 is 2.09. The third-order valence-electron chi connectivity index (χ3n) is 6.02. The topological polar surface area (TPSA) is 85.8 Å². The maximum Gasteiger partial charge on any atom is 0.223 e. The second kappa shape index (κ2) is 8.69. The highest BCUT2D eigenvalue weighted by Gasteiger charge is 2.40. The van der Waals surface area contributed by atoms with E-state index < -0.39 is 0 Å². The smallest absolute Gasteiger partial charge is 0.223 e. The molecule has 8 heteroatoms. The van der Waals surface area contributed by atoms with E-state index in [-0.39, 0.29) is 36.6 Å². The second-order valence-electron chi connectivity index (χ2n) is 7.64. The molecule has 1 aromatic rings. The van der Waals surface area contributed by atoms with Crippen LogP contribution in [0.3, 0.4) is 0 Å². The van der Waals surface area contributed by atoms with Crippen molar-refractivity contribution in [3.8, 4) is 0 Å². The van der Waals surface area contributed by atoms with Crippen molar-refractivity contribution in [2.75, 3.05) is 6.54 Å². The van der Waals surface area contributed by atoms with Gasteiger partial charge in [-0.05, 0) is 50.4 Å². The van der Waals surface area contributed by atoms with E-state index in [2.05, 4.69) is 20.1 Å². The van der Waals surface area contributed by atoms with Gasteiger partial charge in [-0.15, -0.1) is 35.0 Å². The lowest BCUT2D eigenvalue weighted by Crippen LogP contribution is -2.49. The molecule has 0 saturated heterocycles. The van der Waals surface area contributed by atoms with Crippen LogP contribution < -0.4 is 11.1 Å². The number of aromatic nitrogens is 3. The molecule has 2 atom stereocenters. The maximum absolute atomic E-state index is 12.5. The zero-order valence-electron chi connectivity index (χ0n) is 14.5. The third kappa shape index (κ3) is 4.47. The van der Waals surface area contributed by atoms with Crippen molar-refractivity contribution in [2.45, 2.75) is 63.5 Å². The summed E-state index contributed by atoms with van der Waals surface area (Å²) in [5.41, 5.74) is 6.31. The van der Waals surface area contributed by atoms with Gasteiger partial charge in [0.25, 0.3) is 0 Å². The monoisotopic (exact) mass is 389 g/mol. The van der Waals surface area contributed by atoms with Crippen LogP contribution in [-0.2, 0) is 11.3 Å². The molecular weight excluding hydrogens is 361 g/mol. The summed E-state index contributed by atoms with van der Waals surface area (Å²) in [7, 11) is 0. The molecular formula is C17H29Cl2N5O. The van der Waals surface area contributed by atoms with Crippen LogP contribution in [-0.4, -0.2) is 33.3 Å². The zero-order chi connectivity index (χ0) is 15.8. The molecule has 1 aromatic heterocycles. The molecule has 142 valence electrons. The van der Waals surface area contributed by atoms with E-state index in [4.69, 9.17) is 5.73 Å². The minimum absolute atomic E-state index is 0. The number of carbonyl (C=O) groups is 1. The molecule has 3 fully saturated rings.